The molecule has 0 saturated carbocycles. The summed E-state index contributed by atoms with van der Waals surface area (Å²) in [5.74, 6) is -2.91. The average molecular weight is 709 g/mol. The maximum atomic E-state index is 13.9. The van der Waals surface area contributed by atoms with Crippen LogP contribution in [0.25, 0.3) is 27.9 Å². The first kappa shape index (κ1) is 34.0. The smallest absolute Gasteiger partial charge is 0.335 e. The molecule has 10 nitrogen and oxygen atoms in total. The summed E-state index contributed by atoms with van der Waals surface area (Å²) in [6.45, 7) is 2.89. The standard InChI is InChI=1S/C41H32N4O6S/c1-2-44-34-14-7-6-13-31(34)32-21-25(15-20-35(32)44)22-33(43-38(47)26-9-4-3-5-10-26)39(48)42-28-11-8-12-30(23-28)52-36-24-37(46)45(40(36)49)29-18-16-27(17-19-29)41(50)51/h3-23,36H,2,24H2,1H3,(H,42,48)(H,43,47)(H,50,51)/b33-22-. The molecule has 4 amide bonds. The van der Waals surface area contributed by atoms with E-state index in [1.165, 1.54) is 36.0 Å². The Balaban J connectivity index is 1.14. The molecule has 1 unspecified atom stereocenters. The molecule has 1 fully saturated rings. The van der Waals surface area contributed by atoms with Crippen LogP contribution in [0.3, 0.4) is 0 Å². The van der Waals surface area contributed by atoms with Crippen molar-refractivity contribution >= 4 is 80.6 Å². The van der Waals surface area contributed by atoms with Crippen LogP contribution in [0.4, 0.5) is 11.4 Å². The highest BCUT2D eigenvalue weighted by Crippen LogP contribution is 2.35. The molecule has 258 valence electrons. The minimum absolute atomic E-state index is 0.0339. The highest BCUT2D eigenvalue weighted by atomic mass is 32.2. The van der Waals surface area contributed by atoms with E-state index in [2.05, 4.69) is 34.3 Å². The van der Waals surface area contributed by atoms with Crippen LogP contribution in [0.5, 0.6) is 0 Å². The Morgan fingerprint density at radius 1 is 0.808 bits per heavy atom. The highest BCUT2D eigenvalue weighted by molar-refractivity contribution is 8.00. The Bertz CT molecular complexity index is 2420. The topological polar surface area (TPSA) is 138 Å². The number of carbonyl (C=O) groups excluding carboxylic acids is 4. The van der Waals surface area contributed by atoms with Crippen LogP contribution in [-0.4, -0.2) is 44.5 Å². The molecule has 1 atom stereocenters. The summed E-state index contributed by atoms with van der Waals surface area (Å²) in [5, 5.41) is 16.3. The Labute approximate surface area is 302 Å². The number of rotatable bonds is 10. The summed E-state index contributed by atoms with van der Waals surface area (Å²) in [6.07, 6.45) is 1.60. The zero-order chi connectivity index (χ0) is 36.4. The van der Waals surface area contributed by atoms with Crippen molar-refractivity contribution in [1.29, 1.82) is 0 Å². The molecule has 1 saturated heterocycles. The maximum absolute atomic E-state index is 13.9. The van der Waals surface area contributed by atoms with Crippen molar-refractivity contribution < 1.29 is 29.1 Å². The number of hydrogen-bond acceptors (Lipinski definition) is 6. The number of benzene rings is 5. The Kier molecular flexibility index (Phi) is 9.43. The summed E-state index contributed by atoms with van der Waals surface area (Å²) < 4.78 is 2.24. The van der Waals surface area contributed by atoms with Gasteiger partial charge in [-0.15, -0.1) is 11.8 Å². The molecule has 0 spiro atoms. The lowest BCUT2D eigenvalue weighted by Gasteiger charge is -2.15. The van der Waals surface area contributed by atoms with Gasteiger partial charge in [0, 0.05) is 50.9 Å². The van der Waals surface area contributed by atoms with Gasteiger partial charge in [-0.2, -0.15) is 0 Å². The number of aromatic nitrogens is 1. The summed E-state index contributed by atoms with van der Waals surface area (Å²) in [4.78, 5) is 66.3. The highest BCUT2D eigenvalue weighted by Gasteiger charge is 2.40. The van der Waals surface area contributed by atoms with Gasteiger partial charge in [0.25, 0.3) is 11.8 Å². The number of carboxylic acids is 1. The number of aromatic carboxylic acids is 1. The van der Waals surface area contributed by atoms with Crippen molar-refractivity contribution in [1.82, 2.24) is 9.88 Å². The van der Waals surface area contributed by atoms with Gasteiger partial charge < -0.3 is 20.3 Å². The first-order valence-corrected chi connectivity index (χ1v) is 17.5. The lowest BCUT2D eigenvalue weighted by molar-refractivity contribution is -0.121. The number of carbonyl (C=O) groups is 5. The summed E-state index contributed by atoms with van der Waals surface area (Å²) in [5.41, 5.74) is 4.10. The molecule has 0 bridgehead atoms. The zero-order valence-corrected chi connectivity index (χ0v) is 28.7. The number of hydrogen-bond donors (Lipinski definition) is 3. The number of anilines is 2. The molecular formula is C41H32N4O6S. The van der Waals surface area contributed by atoms with Gasteiger partial charge in [-0.25, -0.2) is 9.69 Å². The van der Waals surface area contributed by atoms with Crippen LogP contribution < -0.4 is 15.5 Å². The lowest BCUT2D eigenvalue weighted by Crippen LogP contribution is -2.31. The number of amides is 4. The number of carboxylic acid groups (broad SMARTS) is 1. The molecular weight excluding hydrogens is 677 g/mol. The number of nitrogens with one attached hydrogen (secondary N) is 2. The van der Waals surface area contributed by atoms with Crippen LogP contribution >= 0.6 is 11.8 Å². The fraction of sp³-hybridized carbons (Fsp3) is 0.0976. The molecule has 2 heterocycles. The monoisotopic (exact) mass is 708 g/mol. The van der Waals surface area contributed by atoms with Gasteiger partial charge in [0.05, 0.1) is 16.5 Å². The molecule has 0 radical (unpaired) electrons. The van der Waals surface area contributed by atoms with E-state index < -0.39 is 34.8 Å². The van der Waals surface area contributed by atoms with Crippen molar-refractivity contribution in [2.45, 2.75) is 30.0 Å². The minimum Gasteiger partial charge on any atom is -0.478 e. The number of thioether (sulfide) groups is 1. The number of imide groups is 1. The Morgan fingerprint density at radius 3 is 2.29 bits per heavy atom. The third-order valence-corrected chi connectivity index (χ3v) is 9.98. The average Bonchev–Trinajstić information content (AvgIpc) is 3.62. The molecule has 3 N–H and O–H groups in total. The third kappa shape index (κ3) is 6.81. The molecule has 5 aromatic carbocycles. The fourth-order valence-electron chi connectivity index (χ4n) is 6.34. The molecule has 11 heteroatoms. The van der Waals surface area contributed by atoms with E-state index >= 15 is 0 Å². The zero-order valence-electron chi connectivity index (χ0n) is 27.9. The van der Waals surface area contributed by atoms with Gasteiger partial charge in [-0.05, 0) is 91.4 Å². The SMILES string of the molecule is CCn1c2ccccc2c2cc(/C=C(\NC(=O)c3ccccc3)C(=O)Nc3cccc(SC4CC(=O)N(c5ccc(C(=O)O)cc5)C4=O)c3)ccc21. The molecule has 52 heavy (non-hydrogen) atoms. The van der Waals surface area contributed by atoms with Crippen molar-refractivity contribution in [2.75, 3.05) is 10.2 Å². The molecule has 1 aromatic heterocycles. The van der Waals surface area contributed by atoms with Crippen molar-refractivity contribution in [2.24, 2.45) is 0 Å². The maximum Gasteiger partial charge on any atom is 0.335 e. The van der Waals surface area contributed by atoms with Gasteiger partial charge >= 0.3 is 5.97 Å². The first-order chi connectivity index (χ1) is 25.2. The fourth-order valence-corrected chi connectivity index (χ4v) is 7.45. The normalized spacial score (nSPS) is 14.6. The molecule has 1 aliphatic heterocycles. The summed E-state index contributed by atoms with van der Waals surface area (Å²) in [7, 11) is 0. The molecule has 6 aromatic rings. The number of fused-ring (bicyclic) bond motifs is 3. The van der Waals surface area contributed by atoms with Crippen molar-refractivity contribution in [3.63, 3.8) is 0 Å². The van der Waals surface area contributed by atoms with E-state index in [1.54, 1.807) is 60.7 Å². The Hall–Kier alpha value is -6.46. The van der Waals surface area contributed by atoms with Crippen LogP contribution in [-0.2, 0) is 20.9 Å². The predicted molar refractivity (Wildman–Crippen MR) is 202 cm³/mol. The van der Waals surface area contributed by atoms with E-state index in [1.807, 2.05) is 30.3 Å². The van der Waals surface area contributed by atoms with Gasteiger partial charge in [0.15, 0.2) is 0 Å². The van der Waals surface area contributed by atoms with E-state index in [4.69, 9.17) is 0 Å². The molecule has 1 aliphatic rings. The Morgan fingerprint density at radius 2 is 1.54 bits per heavy atom. The number of para-hydroxylation sites is 1. The van der Waals surface area contributed by atoms with E-state index in [9.17, 15) is 29.1 Å². The number of nitrogens with zero attached hydrogens (tertiary/aromatic N) is 2. The largest absolute Gasteiger partial charge is 0.478 e. The first-order valence-electron chi connectivity index (χ1n) is 16.6. The van der Waals surface area contributed by atoms with E-state index in [0.29, 0.717) is 21.8 Å². The second kappa shape index (κ2) is 14.4. The second-order valence-corrected chi connectivity index (χ2v) is 13.4. The number of aryl methyl sites for hydroxylation is 1. The molecule has 0 aliphatic carbocycles. The summed E-state index contributed by atoms with van der Waals surface area (Å²) in [6, 6.07) is 35.2. The van der Waals surface area contributed by atoms with Crippen LogP contribution in [0.2, 0.25) is 0 Å². The van der Waals surface area contributed by atoms with E-state index in [-0.39, 0.29) is 17.7 Å². The van der Waals surface area contributed by atoms with Gasteiger partial charge in [-0.1, -0.05) is 48.5 Å². The van der Waals surface area contributed by atoms with Gasteiger partial charge in [0.2, 0.25) is 11.8 Å². The predicted octanol–water partition coefficient (Wildman–Crippen LogP) is 7.35. The quantitative estimate of drug-likeness (QED) is 0.100. The van der Waals surface area contributed by atoms with Crippen LogP contribution in [0, 0.1) is 0 Å². The lowest BCUT2D eigenvalue weighted by atomic mass is 10.1. The van der Waals surface area contributed by atoms with Crippen molar-refractivity contribution in [3.8, 4) is 0 Å². The summed E-state index contributed by atoms with van der Waals surface area (Å²) >= 11 is 1.19. The van der Waals surface area contributed by atoms with Crippen LogP contribution in [0.15, 0.2) is 132 Å². The minimum atomic E-state index is -1.11. The van der Waals surface area contributed by atoms with Gasteiger partial charge in [0.1, 0.15) is 5.70 Å². The molecule has 7 rings (SSSR count). The van der Waals surface area contributed by atoms with Gasteiger partial charge in [-0.3, -0.25) is 19.2 Å². The second-order valence-electron chi connectivity index (χ2n) is 12.1. The van der Waals surface area contributed by atoms with E-state index in [0.717, 1.165) is 38.8 Å². The van der Waals surface area contributed by atoms with Crippen molar-refractivity contribution in [3.05, 3.63) is 144 Å². The third-order valence-electron chi connectivity index (χ3n) is 8.80. The van der Waals surface area contributed by atoms with Crippen LogP contribution in [0.1, 0.15) is 39.6 Å².